The Kier molecular flexibility index (Phi) is 3.33. The van der Waals surface area contributed by atoms with Gasteiger partial charge in [0.25, 0.3) is 0 Å². The topological polar surface area (TPSA) is 87.7 Å². The van der Waals surface area contributed by atoms with Crippen molar-refractivity contribution < 1.29 is 10.0 Å². The number of hydrogen-bond acceptors (Lipinski definition) is 3. The van der Waals surface area contributed by atoms with Crippen molar-refractivity contribution in [3.05, 3.63) is 0 Å². The molecule has 0 bridgehead atoms. The number of amidine groups is 1. The highest BCUT2D eigenvalue weighted by atomic mass is 16.4. The standard InChI is InChI=1S/C9H17N3O2/c1-3-6(8(10)12-14)9(13)11-7-4-5(7)2/h5-7,14H,3-4H2,1-2H3,(H2,10,12)(H,11,13). The molecule has 0 radical (unpaired) electrons. The van der Waals surface area contributed by atoms with Crippen molar-refractivity contribution in [3.63, 3.8) is 0 Å². The number of rotatable bonds is 4. The lowest BCUT2D eigenvalue weighted by molar-refractivity contribution is -0.123. The molecule has 1 aliphatic carbocycles. The fraction of sp³-hybridized carbons (Fsp3) is 0.778. The fourth-order valence-corrected chi connectivity index (χ4v) is 1.41. The molecule has 3 atom stereocenters. The van der Waals surface area contributed by atoms with Gasteiger partial charge in [-0.15, -0.1) is 0 Å². The summed E-state index contributed by atoms with van der Waals surface area (Å²) in [5.41, 5.74) is 5.40. The highest BCUT2D eigenvalue weighted by Crippen LogP contribution is 2.29. The molecule has 0 spiro atoms. The van der Waals surface area contributed by atoms with E-state index >= 15 is 0 Å². The molecule has 5 nitrogen and oxygen atoms in total. The molecule has 0 aromatic heterocycles. The third-order valence-corrected chi connectivity index (χ3v) is 2.63. The van der Waals surface area contributed by atoms with Crippen molar-refractivity contribution in [1.29, 1.82) is 0 Å². The number of oxime groups is 1. The molecular formula is C9H17N3O2. The predicted molar refractivity (Wildman–Crippen MR) is 52.9 cm³/mol. The molecule has 1 aliphatic rings. The maximum atomic E-state index is 11.6. The summed E-state index contributed by atoms with van der Waals surface area (Å²) in [6.45, 7) is 3.91. The lowest BCUT2D eigenvalue weighted by atomic mass is 10.0. The largest absolute Gasteiger partial charge is 0.409 e. The molecule has 3 unspecified atom stereocenters. The van der Waals surface area contributed by atoms with Crippen LogP contribution in [0.4, 0.5) is 0 Å². The molecule has 4 N–H and O–H groups in total. The Balaban J connectivity index is 2.48. The first-order valence-corrected chi connectivity index (χ1v) is 4.87. The summed E-state index contributed by atoms with van der Waals surface area (Å²) >= 11 is 0. The molecular weight excluding hydrogens is 182 g/mol. The van der Waals surface area contributed by atoms with Crippen LogP contribution in [-0.4, -0.2) is 23.0 Å². The van der Waals surface area contributed by atoms with Crippen molar-refractivity contribution in [3.8, 4) is 0 Å². The van der Waals surface area contributed by atoms with Crippen LogP contribution in [0.15, 0.2) is 5.16 Å². The molecule has 0 aliphatic heterocycles. The summed E-state index contributed by atoms with van der Waals surface area (Å²) in [5, 5.41) is 14.2. The number of amides is 1. The quantitative estimate of drug-likeness (QED) is 0.263. The van der Waals surface area contributed by atoms with Crippen LogP contribution in [0.1, 0.15) is 26.7 Å². The van der Waals surface area contributed by atoms with Crippen LogP contribution in [0, 0.1) is 11.8 Å². The van der Waals surface area contributed by atoms with Crippen LogP contribution in [0.3, 0.4) is 0 Å². The summed E-state index contributed by atoms with van der Waals surface area (Å²) in [5.74, 6) is -0.105. The SMILES string of the molecule is CCC(C(=O)NC1CC1C)C(N)=NO. The fourth-order valence-electron chi connectivity index (χ4n) is 1.41. The van der Waals surface area contributed by atoms with Gasteiger partial charge in [0.15, 0.2) is 5.84 Å². The lowest BCUT2D eigenvalue weighted by Crippen LogP contribution is -2.39. The highest BCUT2D eigenvalue weighted by molar-refractivity contribution is 6.02. The van der Waals surface area contributed by atoms with Gasteiger partial charge < -0.3 is 16.3 Å². The van der Waals surface area contributed by atoms with Gasteiger partial charge in [0.05, 0.1) is 5.92 Å². The molecule has 80 valence electrons. The van der Waals surface area contributed by atoms with Gasteiger partial charge in [-0.25, -0.2) is 0 Å². The monoisotopic (exact) mass is 199 g/mol. The molecule has 0 aromatic carbocycles. The number of nitrogens with zero attached hydrogens (tertiary/aromatic N) is 1. The van der Waals surface area contributed by atoms with Crippen LogP contribution < -0.4 is 11.1 Å². The van der Waals surface area contributed by atoms with Gasteiger partial charge in [-0.3, -0.25) is 4.79 Å². The van der Waals surface area contributed by atoms with Crippen LogP contribution in [-0.2, 0) is 4.79 Å². The Hall–Kier alpha value is -1.26. The Morgan fingerprint density at radius 1 is 1.79 bits per heavy atom. The van der Waals surface area contributed by atoms with Crippen molar-refractivity contribution in [2.75, 3.05) is 0 Å². The average Bonchev–Trinajstić information content (AvgIpc) is 2.82. The van der Waals surface area contributed by atoms with Crippen LogP contribution in [0.25, 0.3) is 0 Å². The van der Waals surface area contributed by atoms with Crippen molar-refractivity contribution in [1.82, 2.24) is 5.32 Å². The maximum absolute atomic E-state index is 11.6. The second-order valence-electron chi connectivity index (χ2n) is 3.81. The van der Waals surface area contributed by atoms with Gasteiger partial charge >= 0.3 is 0 Å². The predicted octanol–water partition coefficient (Wildman–Crippen LogP) is 0.284. The molecule has 0 saturated heterocycles. The first-order chi connectivity index (χ1) is 6.60. The average molecular weight is 199 g/mol. The van der Waals surface area contributed by atoms with E-state index in [0.29, 0.717) is 12.3 Å². The van der Waals surface area contributed by atoms with E-state index in [0.717, 1.165) is 6.42 Å². The lowest BCUT2D eigenvalue weighted by Gasteiger charge is -2.12. The van der Waals surface area contributed by atoms with Crippen molar-refractivity contribution in [2.45, 2.75) is 32.7 Å². The molecule has 14 heavy (non-hydrogen) atoms. The zero-order chi connectivity index (χ0) is 10.7. The number of carbonyl (C=O) groups excluding carboxylic acids is 1. The van der Waals surface area contributed by atoms with E-state index in [-0.39, 0.29) is 17.8 Å². The number of carbonyl (C=O) groups is 1. The van der Waals surface area contributed by atoms with Gasteiger partial charge in [0, 0.05) is 6.04 Å². The van der Waals surface area contributed by atoms with Gasteiger partial charge in [-0.1, -0.05) is 19.0 Å². The molecule has 1 saturated carbocycles. The third kappa shape index (κ3) is 2.37. The van der Waals surface area contributed by atoms with E-state index in [9.17, 15) is 4.79 Å². The second kappa shape index (κ2) is 4.30. The Morgan fingerprint density at radius 3 is 2.71 bits per heavy atom. The van der Waals surface area contributed by atoms with Gasteiger partial charge in [-0.2, -0.15) is 0 Å². The first kappa shape index (κ1) is 10.8. The smallest absolute Gasteiger partial charge is 0.231 e. The summed E-state index contributed by atoms with van der Waals surface area (Å²) in [6, 6.07) is 0.281. The molecule has 0 heterocycles. The summed E-state index contributed by atoms with van der Waals surface area (Å²) in [6.07, 6.45) is 1.57. The minimum Gasteiger partial charge on any atom is -0.409 e. The van der Waals surface area contributed by atoms with E-state index in [2.05, 4.69) is 17.4 Å². The molecule has 1 amide bonds. The minimum atomic E-state index is -0.507. The summed E-state index contributed by atoms with van der Waals surface area (Å²) < 4.78 is 0. The van der Waals surface area contributed by atoms with Gasteiger partial charge in [0.1, 0.15) is 0 Å². The molecule has 1 fully saturated rings. The molecule has 1 rings (SSSR count). The first-order valence-electron chi connectivity index (χ1n) is 4.87. The Bertz CT molecular complexity index is 252. The van der Waals surface area contributed by atoms with Gasteiger partial charge in [0.2, 0.25) is 5.91 Å². The Morgan fingerprint density at radius 2 is 2.36 bits per heavy atom. The highest BCUT2D eigenvalue weighted by Gasteiger charge is 2.35. The van der Waals surface area contributed by atoms with E-state index in [1.165, 1.54) is 0 Å². The van der Waals surface area contributed by atoms with E-state index < -0.39 is 5.92 Å². The number of hydrogen-bond donors (Lipinski definition) is 3. The normalized spacial score (nSPS) is 28.3. The van der Waals surface area contributed by atoms with Crippen LogP contribution in [0.2, 0.25) is 0 Å². The zero-order valence-corrected chi connectivity index (χ0v) is 8.53. The minimum absolute atomic E-state index is 0.0155. The summed E-state index contributed by atoms with van der Waals surface area (Å²) in [4.78, 5) is 11.6. The van der Waals surface area contributed by atoms with E-state index in [1.807, 2.05) is 6.92 Å². The van der Waals surface area contributed by atoms with Crippen LogP contribution in [0.5, 0.6) is 0 Å². The second-order valence-corrected chi connectivity index (χ2v) is 3.81. The van der Waals surface area contributed by atoms with Gasteiger partial charge in [-0.05, 0) is 18.8 Å². The molecule has 5 heteroatoms. The maximum Gasteiger partial charge on any atom is 0.231 e. The van der Waals surface area contributed by atoms with E-state index in [4.69, 9.17) is 10.9 Å². The number of nitrogens with two attached hydrogens (primary N) is 1. The molecule has 0 aromatic rings. The zero-order valence-electron chi connectivity index (χ0n) is 8.53. The number of nitrogens with one attached hydrogen (secondary N) is 1. The van der Waals surface area contributed by atoms with Crippen molar-refractivity contribution in [2.24, 2.45) is 22.7 Å². The van der Waals surface area contributed by atoms with Crippen LogP contribution >= 0.6 is 0 Å². The van der Waals surface area contributed by atoms with Crippen molar-refractivity contribution >= 4 is 11.7 Å². The van der Waals surface area contributed by atoms with E-state index in [1.54, 1.807) is 0 Å². The Labute approximate surface area is 83.3 Å². The third-order valence-electron chi connectivity index (χ3n) is 2.63. The summed E-state index contributed by atoms with van der Waals surface area (Å²) in [7, 11) is 0.